The summed E-state index contributed by atoms with van der Waals surface area (Å²) in [5, 5.41) is 12.9. The van der Waals surface area contributed by atoms with Gasteiger partial charge in [-0.05, 0) is 49.7 Å². The highest BCUT2D eigenvalue weighted by molar-refractivity contribution is 9.10. The fourth-order valence-electron chi connectivity index (χ4n) is 3.41. The molecule has 2 N–H and O–H groups in total. The van der Waals surface area contributed by atoms with E-state index < -0.39 is 5.82 Å². The molecular weight excluding hydrogens is 487 g/mol. The van der Waals surface area contributed by atoms with Crippen molar-refractivity contribution < 1.29 is 14.3 Å². The van der Waals surface area contributed by atoms with Crippen LogP contribution >= 0.6 is 27.5 Å². The minimum Gasteiger partial charge on any atom is -0.392 e. The summed E-state index contributed by atoms with van der Waals surface area (Å²) in [6, 6.07) is 8.15. The number of hydrogen-bond donors (Lipinski definition) is 2. The molecule has 0 bridgehead atoms. The fourth-order valence-corrected chi connectivity index (χ4v) is 4.13. The number of nitrogens with one attached hydrogen (secondary N) is 1. The minimum atomic E-state index is -0.626. The molecule has 0 saturated carbocycles. The molecule has 1 aliphatic rings. The van der Waals surface area contributed by atoms with Crippen molar-refractivity contribution in [3.05, 3.63) is 51.2 Å². The molecule has 9 heteroatoms. The van der Waals surface area contributed by atoms with Crippen molar-refractivity contribution in [2.24, 2.45) is 4.99 Å². The van der Waals surface area contributed by atoms with E-state index in [9.17, 15) is 9.90 Å². The zero-order valence-corrected chi connectivity index (χ0v) is 19.5. The van der Waals surface area contributed by atoms with Gasteiger partial charge in [0.05, 0.1) is 28.8 Å². The second kappa shape index (κ2) is 11.0. The zero-order chi connectivity index (χ0) is 22.4. The number of carbonyl (C=O) groups excluding carboxylic acids is 1. The molecule has 1 fully saturated rings. The lowest BCUT2D eigenvalue weighted by Crippen LogP contribution is -2.27. The number of β-amino-alcohol motifs (C(OH)–C–C–N with tert-alkyl or cyclic N) is 1. The predicted octanol–water partition coefficient (Wildman–Crippen LogP) is 4.85. The third-order valence-corrected chi connectivity index (χ3v) is 5.90. The van der Waals surface area contributed by atoms with Crippen LogP contribution in [0.3, 0.4) is 0 Å². The summed E-state index contributed by atoms with van der Waals surface area (Å²) >= 11 is 9.55. The number of aliphatic hydroxyl groups is 1. The summed E-state index contributed by atoms with van der Waals surface area (Å²) < 4.78 is 15.9. The largest absolute Gasteiger partial charge is 0.392 e. The van der Waals surface area contributed by atoms with Gasteiger partial charge in [-0.15, -0.1) is 0 Å². The SMILES string of the molecule is CN(C=Nc1ccc(C=O)c(Nc2ccc(Br)cc2Cl)c1F)CCCN1CCC(O)C1. The number of likely N-dealkylation sites (tertiary alicyclic amines) is 1. The van der Waals surface area contributed by atoms with E-state index in [1.807, 2.05) is 11.9 Å². The number of nitrogens with zero attached hydrogens (tertiary/aromatic N) is 3. The number of halogens is 3. The van der Waals surface area contributed by atoms with Gasteiger partial charge in [0.2, 0.25) is 0 Å². The van der Waals surface area contributed by atoms with Crippen LogP contribution in [0.2, 0.25) is 5.02 Å². The molecule has 0 spiro atoms. The Balaban J connectivity index is 1.67. The highest BCUT2D eigenvalue weighted by Gasteiger charge is 2.19. The number of hydrogen-bond acceptors (Lipinski definition) is 5. The van der Waals surface area contributed by atoms with Crippen LogP contribution in [0, 0.1) is 5.82 Å². The lowest BCUT2D eigenvalue weighted by Gasteiger charge is -2.18. The highest BCUT2D eigenvalue weighted by atomic mass is 79.9. The maximum atomic E-state index is 15.1. The molecule has 2 aromatic rings. The van der Waals surface area contributed by atoms with E-state index in [-0.39, 0.29) is 23.0 Å². The normalized spacial score (nSPS) is 16.7. The molecule has 1 unspecified atom stereocenters. The number of aldehydes is 1. The quantitative estimate of drug-likeness (QED) is 0.286. The van der Waals surface area contributed by atoms with Gasteiger partial charge in [0, 0.05) is 36.7 Å². The molecule has 1 aliphatic heterocycles. The number of aliphatic hydroxyl groups excluding tert-OH is 1. The monoisotopic (exact) mass is 510 g/mol. The third kappa shape index (κ3) is 6.49. The summed E-state index contributed by atoms with van der Waals surface area (Å²) in [5.41, 5.74) is 0.814. The predicted molar refractivity (Wildman–Crippen MR) is 127 cm³/mol. The zero-order valence-electron chi connectivity index (χ0n) is 17.2. The van der Waals surface area contributed by atoms with Crippen molar-refractivity contribution >= 4 is 57.2 Å². The van der Waals surface area contributed by atoms with Gasteiger partial charge < -0.3 is 20.2 Å². The van der Waals surface area contributed by atoms with Crippen LogP contribution in [-0.2, 0) is 0 Å². The van der Waals surface area contributed by atoms with Crippen molar-refractivity contribution in [1.29, 1.82) is 0 Å². The van der Waals surface area contributed by atoms with E-state index in [1.165, 1.54) is 12.1 Å². The average molecular weight is 512 g/mol. The van der Waals surface area contributed by atoms with E-state index in [4.69, 9.17) is 11.6 Å². The molecule has 1 atom stereocenters. The maximum absolute atomic E-state index is 15.1. The number of anilines is 2. The molecule has 1 saturated heterocycles. The van der Waals surface area contributed by atoms with E-state index in [0.29, 0.717) is 17.0 Å². The number of rotatable bonds is 9. The topological polar surface area (TPSA) is 68.2 Å². The molecule has 2 aromatic carbocycles. The molecule has 0 aliphatic carbocycles. The molecule has 0 radical (unpaired) electrons. The van der Waals surface area contributed by atoms with Gasteiger partial charge in [0.25, 0.3) is 0 Å². The van der Waals surface area contributed by atoms with Crippen LogP contribution in [0.4, 0.5) is 21.5 Å². The van der Waals surface area contributed by atoms with E-state index >= 15 is 4.39 Å². The van der Waals surface area contributed by atoms with E-state index in [2.05, 4.69) is 31.1 Å². The molecular formula is C22H25BrClFN4O2. The van der Waals surface area contributed by atoms with Crippen molar-refractivity contribution in [3.63, 3.8) is 0 Å². The van der Waals surface area contributed by atoms with Gasteiger partial charge in [-0.25, -0.2) is 9.38 Å². The van der Waals surface area contributed by atoms with Crippen LogP contribution in [0.1, 0.15) is 23.2 Å². The van der Waals surface area contributed by atoms with Crippen molar-refractivity contribution in [2.45, 2.75) is 18.9 Å². The highest BCUT2D eigenvalue weighted by Crippen LogP contribution is 2.34. The Labute approximate surface area is 194 Å². The summed E-state index contributed by atoms with van der Waals surface area (Å²) in [5.74, 6) is -0.626. The standard InChI is InChI=1S/C22H25BrClFN4O2/c1-28(8-2-9-29-10-7-17(31)12-29)14-26-20-5-3-15(13-30)22(21(20)25)27-19-6-4-16(23)11-18(19)24/h3-6,11,13-14,17,27,31H,2,7-10,12H2,1H3. The Kier molecular flexibility index (Phi) is 8.43. The minimum absolute atomic E-state index is 0.0316. The first-order valence-electron chi connectivity index (χ1n) is 10.0. The molecule has 6 nitrogen and oxygen atoms in total. The fraction of sp³-hybridized carbons (Fsp3) is 0.364. The van der Waals surface area contributed by atoms with Gasteiger partial charge >= 0.3 is 0 Å². The summed E-state index contributed by atoms with van der Waals surface area (Å²) in [4.78, 5) is 19.8. The second-order valence-corrected chi connectivity index (χ2v) is 8.87. The molecule has 166 valence electrons. The van der Waals surface area contributed by atoms with Crippen molar-refractivity contribution in [3.8, 4) is 0 Å². The summed E-state index contributed by atoms with van der Waals surface area (Å²) in [6.07, 6.45) is 3.69. The van der Waals surface area contributed by atoms with Gasteiger partial charge in [-0.1, -0.05) is 27.5 Å². The van der Waals surface area contributed by atoms with Crippen LogP contribution < -0.4 is 5.32 Å². The molecule has 31 heavy (non-hydrogen) atoms. The maximum Gasteiger partial charge on any atom is 0.172 e. The third-order valence-electron chi connectivity index (χ3n) is 5.10. The lowest BCUT2D eigenvalue weighted by atomic mass is 10.1. The van der Waals surface area contributed by atoms with Gasteiger partial charge in [-0.2, -0.15) is 0 Å². The first kappa shape index (κ1) is 23.7. The molecule has 0 aromatic heterocycles. The van der Waals surface area contributed by atoms with Crippen molar-refractivity contribution in [2.75, 3.05) is 38.5 Å². The Hall–Kier alpha value is -2.00. The molecule has 1 heterocycles. The van der Waals surface area contributed by atoms with Crippen LogP contribution in [0.25, 0.3) is 0 Å². The van der Waals surface area contributed by atoms with Crippen LogP contribution in [0.15, 0.2) is 39.8 Å². The first-order chi connectivity index (χ1) is 14.9. The Bertz CT molecular complexity index is 959. The van der Waals surface area contributed by atoms with E-state index in [1.54, 1.807) is 24.5 Å². The Morgan fingerprint density at radius 3 is 2.90 bits per heavy atom. The van der Waals surface area contributed by atoms with Crippen LogP contribution in [-0.4, -0.2) is 66.9 Å². The molecule has 3 rings (SSSR count). The summed E-state index contributed by atoms with van der Waals surface area (Å²) in [7, 11) is 1.88. The van der Waals surface area contributed by atoms with Gasteiger partial charge in [0.1, 0.15) is 5.69 Å². The molecule has 0 amide bonds. The second-order valence-electron chi connectivity index (χ2n) is 7.55. The average Bonchev–Trinajstić information content (AvgIpc) is 3.15. The lowest BCUT2D eigenvalue weighted by molar-refractivity contribution is 0.112. The van der Waals surface area contributed by atoms with Gasteiger partial charge in [0.15, 0.2) is 12.1 Å². The van der Waals surface area contributed by atoms with E-state index in [0.717, 1.165) is 43.5 Å². The van der Waals surface area contributed by atoms with Crippen molar-refractivity contribution in [1.82, 2.24) is 9.80 Å². The number of aliphatic imine (C=N–C) groups is 1. The number of carbonyl (C=O) groups is 1. The Morgan fingerprint density at radius 2 is 2.23 bits per heavy atom. The van der Waals surface area contributed by atoms with Crippen LogP contribution in [0.5, 0.6) is 0 Å². The van der Waals surface area contributed by atoms with Gasteiger partial charge in [-0.3, -0.25) is 4.79 Å². The summed E-state index contributed by atoms with van der Waals surface area (Å²) in [6.45, 7) is 3.30. The Morgan fingerprint density at radius 1 is 1.42 bits per heavy atom. The number of benzene rings is 2. The smallest absolute Gasteiger partial charge is 0.172 e. The first-order valence-corrected chi connectivity index (χ1v) is 11.2.